The number of benzene rings is 1. The van der Waals surface area contributed by atoms with Crippen LogP contribution in [0.15, 0.2) is 47.8 Å². The third kappa shape index (κ3) is 6.35. The zero-order valence-electron chi connectivity index (χ0n) is 18.2. The van der Waals surface area contributed by atoms with Crippen molar-refractivity contribution in [2.24, 2.45) is 5.92 Å². The summed E-state index contributed by atoms with van der Waals surface area (Å²) in [7, 11) is 0. The Labute approximate surface area is 194 Å². The molecule has 3 rings (SSSR count). The van der Waals surface area contributed by atoms with E-state index in [1.54, 1.807) is 12.3 Å². The third-order valence-electron chi connectivity index (χ3n) is 4.65. The van der Waals surface area contributed by atoms with E-state index in [1.807, 2.05) is 26.8 Å². The quantitative estimate of drug-likeness (QED) is 0.245. The lowest BCUT2D eigenvalue weighted by Gasteiger charge is -2.19. The van der Waals surface area contributed by atoms with Crippen LogP contribution in [0.25, 0.3) is 0 Å². The summed E-state index contributed by atoms with van der Waals surface area (Å²) in [5, 5.41) is 23.8. The van der Waals surface area contributed by atoms with Gasteiger partial charge in [0, 0.05) is 23.9 Å². The van der Waals surface area contributed by atoms with Crippen molar-refractivity contribution in [3.63, 3.8) is 0 Å². The predicted octanol–water partition coefficient (Wildman–Crippen LogP) is 3.27. The van der Waals surface area contributed by atoms with Crippen molar-refractivity contribution in [1.82, 2.24) is 25.5 Å². The van der Waals surface area contributed by atoms with Gasteiger partial charge in [0.05, 0.1) is 16.7 Å². The molecular formula is C21H23N7O4S. The first-order valence-electron chi connectivity index (χ1n) is 10.1. The molecule has 0 spiro atoms. The van der Waals surface area contributed by atoms with Crippen LogP contribution in [0.5, 0.6) is 0 Å². The number of rotatable bonds is 9. The summed E-state index contributed by atoms with van der Waals surface area (Å²) < 4.78 is 0. The van der Waals surface area contributed by atoms with Crippen molar-refractivity contribution in [2.75, 3.05) is 11.1 Å². The number of amides is 2. The minimum Gasteiger partial charge on any atom is -0.342 e. The lowest BCUT2D eigenvalue weighted by molar-refractivity contribution is -0.384. The topological polar surface area (TPSA) is 156 Å². The molecule has 11 nitrogen and oxygen atoms in total. The Morgan fingerprint density at radius 1 is 1.24 bits per heavy atom. The molecule has 3 aromatic rings. The van der Waals surface area contributed by atoms with E-state index in [0.29, 0.717) is 16.8 Å². The fraction of sp³-hybridized carbons (Fsp3) is 0.286. The van der Waals surface area contributed by atoms with E-state index in [4.69, 9.17) is 0 Å². The van der Waals surface area contributed by atoms with Gasteiger partial charge in [0.1, 0.15) is 11.6 Å². The predicted molar refractivity (Wildman–Crippen MR) is 123 cm³/mol. The highest BCUT2D eigenvalue weighted by molar-refractivity contribution is 7.99. The SMILES string of the molecule is Cc1cccnc1NC(=O)CSc1n[nH]c([C@H](NC(=O)c2cccc([N+](=O)[O-])c2)C(C)C)n1. The molecule has 0 radical (unpaired) electrons. The first-order valence-corrected chi connectivity index (χ1v) is 11.0. The number of carbonyl (C=O) groups is 2. The molecule has 1 aromatic carbocycles. The van der Waals surface area contributed by atoms with Crippen molar-refractivity contribution in [2.45, 2.75) is 32.0 Å². The minimum atomic E-state index is -0.554. The van der Waals surface area contributed by atoms with E-state index in [-0.39, 0.29) is 28.8 Å². The Morgan fingerprint density at radius 3 is 2.73 bits per heavy atom. The van der Waals surface area contributed by atoms with Gasteiger partial charge >= 0.3 is 0 Å². The second kappa shape index (κ2) is 10.7. The van der Waals surface area contributed by atoms with E-state index >= 15 is 0 Å². The van der Waals surface area contributed by atoms with Crippen molar-refractivity contribution in [3.8, 4) is 0 Å². The van der Waals surface area contributed by atoms with Gasteiger partial charge in [-0.3, -0.25) is 24.8 Å². The Bertz CT molecular complexity index is 1160. The normalized spacial score (nSPS) is 11.8. The largest absolute Gasteiger partial charge is 0.342 e. The van der Waals surface area contributed by atoms with Crippen LogP contribution < -0.4 is 10.6 Å². The molecule has 2 aromatic heterocycles. The molecule has 0 bridgehead atoms. The lowest BCUT2D eigenvalue weighted by atomic mass is 10.0. The zero-order valence-corrected chi connectivity index (χ0v) is 19.0. The summed E-state index contributed by atoms with van der Waals surface area (Å²) in [6.45, 7) is 5.65. The number of carbonyl (C=O) groups excluding carboxylic acids is 2. The number of thioether (sulfide) groups is 1. The van der Waals surface area contributed by atoms with Crippen molar-refractivity contribution >= 4 is 35.1 Å². The van der Waals surface area contributed by atoms with Crippen molar-refractivity contribution in [3.05, 3.63) is 69.7 Å². The number of hydrogen-bond acceptors (Lipinski definition) is 8. The van der Waals surface area contributed by atoms with Crippen LogP contribution in [0.2, 0.25) is 0 Å². The molecule has 2 heterocycles. The molecule has 12 heteroatoms. The number of aryl methyl sites for hydroxylation is 1. The Hall–Kier alpha value is -3.80. The smallest absolute Gasteiger partial charge is 0.270 e. The zero-order chi connectivity index (χ0) is 24.0. The number of nitro benzene ring substituents is 1. The first-order chi connectivity index (χ1) is 15.7. The fourth-order valence-corrected chi connectivity index (χ4v) is 3.52. The summed E-state index contributed by atoms with van der Waals surface area (Å²) in [6.07, 6.45) is 1.60. The standard InChI is InChI=1S/C21H23N7O4S/c1-12(2)17(24-20(30)14-7-4-8-15(10-14)28(31)32)19-25-21(27-26-19)33-11-16(29)23-18-13(3)6-5-9-22-18/h4-10,12,17H,11H2,1-3H3,(H,24,30)(H,22,23,29)(H,25,26,27)/t17-/m1/s1. The van der Waals surface area contributed by atoms with Crippen LogP contribution in [-0.4, -0.2) is 42.7 Å². The summed E-state index contributed by atoms with van der Waals surface area (Å²) >= 11 is 1.14. The highest BCUT2D eigenvalue weighted by Crippen LogP contribution is 2.23. The van der Waals surface area contributed by atoms with Gasteiger partial charge in [0.2, 0.25) is 11.1 Å². The average Bonchev–Trinajstić information content (AvgIpc) is 3.26. The van der Waals surface area contributed by atoms with Crippen LogP contribution in [0, 0.1) is 23.0 Å². The number of non-ortho nitro benzene ring substituents is 1. The molecule has 0 unspecified atom stereocenters. The summed E-state index contributed by atoms with van der Waals surface area (Å²) in [6, 6.07) is 8.63. The second-order valence-electron chi connectivity index (χ2n) is 7.51. The minimum absolute atomic E-state index is 0.0473. The first kappa shape index (κ1) is 23.9. The van der Waals surface area contributed by atoms with Gasteiger partial charge in [-0.25, -0.2) is 9.97 Å². The molecule has 0 aliphatic rings. The number of nitrogens with one attached hydrogen (secondary N) is 3. The van der Waals surface area contributed by atoms with Crippen LogP contribution in [-0.2, 0) is 4.79 Å². The molecule has 172 valence electrons. The van der Waals surface area contributed by atoms with Gasteiger partial charge < -0.3 is 10.6 Å². The Kier molecular flexibility index (Phi) is 7.72. The number of pyridine rings is 1. The summed E-state index contributed by atoms with van der Waals surface area (Å²) in [5.41, 5.74) is 0.863. The highest BCUT2D eigenvalue weighted by atomic mass is 32.2. The van der Waals surface area contributed by atoms with Gasteiger partial charge in [0.15, 0.2) is 0 Å². The van der Waals surface area contributed by atoms with E-state index < -0.39 is 16.9 Å². The molecule has 33 heavy (non-hydrogen) atoms. The summed E-state index contributed by atoms with van der Waals surface area (Å²) in [5.74, 6) is 0.254. The maximum Gasteiger partial charge on any atom is 0.270 e. The maximum absolute atomic E-state index is 12.7. The van der Waals surface area contributed by atoms with Gasteiger partial charge in [-0.15, -0.1) is 5.10 Å². The number of anilines is 1. The second-order valence-corrected chi connectivity index (χ2v) is 8.45. The fourth-order valence-electron chi connectivity index (χ4n) is 2.91. The molecule has 0 fully saturated rings. The third-order valence-corrected chi connectivity index (χ3v) is 5.50. The van der Waals surface area contributed by atoms with Gasteiger partial charge in [-0.05, 0) is 30.5 Å². The molecule has 3 N–H and O–H groups in total. The molecule has 0 saturated carbocycles. The van der Waals surface area contributed by atoms with Crippen LogP contribution >= 0.6 is 11.8 Å². The number of nitro groups is 1. The van der Waals surface area contributed by atoms with Crippen LogP contribution in [0.3, 0.4) is 0 Å². The summed E-state index contributed by atoms with van der Waals surface area (Å²) in [4.78, 5) is 43.8. The molecular weight excluding hydrogens is 446 g/mol. The molecule has 0 aliphatic carbocycles. The van der Waals surface area contributed by atoms with Gasteiger partial charge in [-0.1, -0.05) is 37.7 Å². The monoisotopic (exact) mass is 469 g/mol. The molecule has 1 atom stereocenters. The number of aromatic amines is 1. The van der Waals surface area contributed by atoms with E-state index in [1.165, 1.54) is 24.3 Å². The van der Waals surface area contributed by atoms with Gasteiger partial charge in [-0.2, -0.15) is 0 Å². The molecule has 2 amide bonds. The lowest BCUT2D eigenvalue weighted by Crippen LogP contribution is -2.32. The van der Waals surface area contributed by atoms with Crippen LogP contribution in [0.1, 0.15) is 41.6 Å². The highest BCUT2D eigenvalue weighted by Gasteiger charge is 2.24. The van der Waals surface area contributed by atoms with Crippen molar-refractivity contribution in [1.29, 1.82) is 0 Å². The Balaban J connectivity index is 1.63. The maximum atomic E-state index is 12.7. The van der Waals surface area contributed by atoms with Crippen LogP contribution in [0.4, 0.5) is 11.5 Å². The van der Waals surface area contributed by atoms with Crippen molar-refractivity contribution < 1.29 is 14.5 Å². The number of nitrogens with zero attached hydrogens (tertiary/aromatic N) is 4. The Morgan fingerprint density at radius 2 is 2.03 bits per heavy atom. The van der Waals surface area contributed by atoms with Gasteiger partial charge in [0.25, 0.3) is 11.6 Å². The van der Waals surface area contributed by atoms with E-state index in [9.17, 15) is 19.7 Å². The number of aromatic nitrogens is 4. The number of H-pyrrole nitrogens is 1. The van der Waals surface area contributed by atoms with E-state index in [0.717, 1.165) is 17.3 Å². The van der Waals surface area contributed by atoms with E-state index in [2.05, 4.69) is 30.8 Å². The number of hydrogen-bond donors (Lipinski definition) is 3. The molecule has 0 aliphatic heterocycles. The molecule has 0 saturated heterocycles. The average molecular weight is 470 g/mol.